The van der Waals surface area contributed by atoms with Gasteiger partial charge in [0.25, 0.3) is 0 Å². The molecule has 3 unspecified atom stereocenters. The van der Waals surface area contributed by atoms with Gasteiger partial charge in [0.15, 0.2) is 0 Å². The highest BCUT2D eigenvalue weighted by atomic mass is 35.5. The molecule has 1 saturated heterocycles. The van der Waals surface area contributed by atoms with Crippen molar-refractivity contribution in [2.75, 3.05) is 13.1 Å². The molecule has 0 bridgehead atoms. The van der Waals surface area contributed by atoms with Crippen molar-refractivity contribution in [2.45, 2.75) is 23.8 Å². The molecule has 4 nitrogen and oxygen atoms in total. The molecule has 1 saturated carbocycles. The Kier molecular flexibility index (Phi) is 5.13. The van der Waals surface area contributed by atoms with Crippen LogP contribution in [0.15, 0.2) is 23.1 Å². The van der Waals surface area contributed by atoms with Crippen LogP contribution in [0.5, 0.6) is 0 Å². The van der Waals surface area contributed by atoms with E-state index in [9.17, 15) is 8.42 Å². The maximum Gasteiger partial charge on any atom is 0.243 e. The Morgan fingerprint density at radius 2 is 1.86 bits per heavy atom. The van der Waals surface area contributed by atoms with Gasteiger partial charge in [-0.25, -0.2) is 8.42 Å². The van der Waals surface area contributed by atoms with Crippen LogP contribution in [0.3, 0.4) is 0 Å². The molecule has 21 heavy (non-hydrogen) atoms. The van der Waals surface area contributed by atoms with E-state index in [1.807, 2.05) is 0 Å². The summed E-state index contributed by atoms with van der Waals surface area (Å²) in [6.07, 6.45) is 2.01. The Balaban J connectivity index is 0.00000161. The maximum atomic E-state index is 12.6. The Hall–Kier alpha value is -0.0400. The first kappa shape index (κ1) is 17.3. The fraction of sp³-hybridized carbons (Fsp3) is 0.538. The molecule has 1 aromatic carbocycles. The molecule has 1 heterocycles. The number of benzene rings is 1. The van der Waals surface area contributed by atoms with Crippen LogP contribution in [-0.4, -0.2) is 31.9 Å². The van der Waals surface area contributed by atoms with E-state index in [2.05, 4.69) is 0 Å². The summed E-state index contributed by atoms with van der Waals surface area (Å²) in [4.78, 5) is 0.195. The van der Waals surface area contributed by atoms with Crippen LogP contribution in [0.2, 0.25) is 10.0 Å². The lowest BCUT2D eigenvalue weighted by molar-refractivity contribution is 0.427. The number of rotatable bonds is 2. The molecule has 1 aliphatic heterocycles. The third kappa shape index (κ3) is 3.05. The van der Waals surface area contributed by atoms with Gasteiger partial charge in [-0.3, -0.25) is 0 Å². The molecular weight excluding hydrogens is 355 g/mol. The normalized spacial score (nSPS) is 29.2. The zero-order valence-corrected chi connectivity index (χ0v) is 14.4. The summed E-state index contributed by atoms with van der Waals surface area (Å²) in [5, 5.41) is 0.606. The summed E-state index contributed by atoms with van der Waals surface area (Å²) in [5.74, 6) is 0.676. The van der Waals surface area contributed by atoms with Crippen molar-refractivity contribution in [1.29, 1.82) is 0 Å². The Morgan fingerprint density at radius 1 is 1.14 bits per heavy atom. The zero-order valence-electron chi connectivity index (χ0n) is 11.2. The molecule has 0 spiro atoms. The van der Waals surface area contributed by atoms with E-state index in [0.717, 1.165) is 12.8 Å². The predicted molar refractivity (Wildman–Crippen MR) is 86.7 cm³/mol. The topological polar surface area (TPSA) is 63.4 Å². The summed E-state index contributed by atoms with van der Waals surface area (Å²) in [6.45, 7) is 1.06. The van der Waals surface area contributed by atoms with Crippen molar-refractivity contribution in [1.82, 2.24) is 4.31 Å². The highest BCUT2D eigenvalue weighted by Crippen LogP contribution is 2.39. The molecule has 0 radical (unpaired) electrons. The van der Waals surface area contributed by atoms with Gasteiger partial charge in [0.1, 0.15) is 0 Å². The van der Waals surface area contributed by atoms with Crippen LogP contribution in [0, 0.1) is 11.8 Å². The number of fused-ring (bicyclic) bond motifs is 1. The Bertz CT molecular complexity index is 638. The van der Waals surface area contributed by atoms with Gasteiger partial charge in [-0.2, -0.15) is 4.31 Å². The van der Waals surface area contributed by atoms with Crippen molar-refractivity contribution < 1.29 is 8.42 Å². The van der Waals surface area contributed by atoms with E-state index >= 15 is 0 Å². The quantitative estimate of drug-likeness (QED) is 0.869. The Morgan fingerprint density at radius 3 is 2.48 bits per heavy atom. The van der Waals surface area contributed by atoms with E-state index < -0.39 is 10.0 Å². The largest absolute Gasteiger partial charge is 0.327 e. The van der Waals surface area contributed by atoms with Gasteiger partial charge in [-0.1, -0.05) is 23.2 Å². The zero-order chi connectivity index (χ0) is 14.5. The van der Waals surface area contributed by atoms with Crippen molar-refractivity contribution in [3.8, 4) is 0 Å². The predicted octanol–water partition coefficient (Wildman–Crippen LogP) is 2.77. The summed E-state index contributed by atoms with van der Waals surface area (Å²) in [7, 11) is -3.51. The van der Waals surface area contributed by atoms with Crippen LogP contribution in [0.4, 0.5) is 0 Å². The van der Waals surface area contributed by atoms with Crippen LogP contribution in [0.1, 0.15) is 12.8 Å². The number of halogens is 3. The first-order valence-electron chi connectivity index (χ1n) is 6.60. The lowest BCUT2D eigenvalue weighted by atomic mass is 9.98. The van der Waals surface area contributed by atoms with Gasteiger partial charge in [0.05, 0.1) is 14.9 Å². The molecule has 1 aromatic rings. The number of hydrogen-bond donors (Lipinski definition) is 1. The van der Waals surface area contributed by atoms with E-state index in [1.54, 1.807) is 0 Å². The van der Waals surface area contributed by atoms with Crippen molar-refractivity contribution >= 4 is 45.6 Å². The maximum absolute atomic E-state index is 12.6. The average molecular weight is 372 g/mol. The van der Waals surface area contributed by atoms with Gasteiger partial charge in [0, 0.05) is 19.1 Å². The Labute approximate surface area is 141 Å². The monoisotopic (exact) mass is 370 g/mol. The van der Waals surface area contributed by atoms with E-state index in [0.29, 0.717) is 24.0 Å². The minimum Gasteiger partial charge on any atom is -0.327 e. The number of nitrogens with zero attached hydrogens (tertiary/aromatic N) is 1. The second-order valence-corrected chi connectivity index (χ2v) is 8.32. The highest BCUT2D eigenvalue weighted by molar-refractivity contribution is 7.89. The molecule has 0 aromatic heterocycles. The fourth-order valence-electron chi connectivity index (χ4n) is 3.25. The molecular formula is C13H17Cl3N2O2S. The van der Waals surface area contributed by atoms with E-state index in [1.165, 1.54) is 22.5 Å². The first-order valence-corrected chi connectivity index (χ1v) is 8.80. The van der Waals surface area contributed by atoms with Crippen LogP contribution in [0.25, 0.3) is 0 Å². The van der Waals surface area contributed by atoms with Gasteiger partial charge >= 0.3 is 0 Å². The molecule has 3 rings (SSSR count). The van der Waals surface area contributed by atoms with Gasteiger partial charge in [-0.05, 0) is 42.9 Å². The lowest BCUT2D eigenvalue weighted by Gasteiger charge is -2.18. The highest BCUT2D eigenvalue weighted by Gasteiger charge is 2.45. The molecule has 8 heteroatoms. The molecule has 3 atom stereocenters. The van der Waals surface area contributed by atoms with Crippen molar-refractivity contribution in [3.05, 3.63) is 28.2 Å². The van der Waals surface area contributed by atoms with Crippen LogP contribution >= 0.6 is 35.6 Å². The first-order chi connectivity index (χ1) is 9.39. The van der Waals surface area contributed by atoms with Gasteiger partial charge < -0.3 is 5.73 Å². The minimum atomic E-state index is -3.51. The molecule has 0 amide bonds. The van der Waals surface area contributed by atoms with Gasteiger partial charge in [-0.15, -0.1) is 12.4 Å². The SMILES string of the molecule is Cl.NC1CCC2CN(S(=O)(=O)c3ccc(Cl)c(Cl)c3)CC12. The summed E-state index contributed by atoms with van der Waals surface area (Å²) in [5.41, 5.74) is 6.05. The average Bonchev–Trinajstić information content (AvgIpc) is 2.96. The van der Waals surface area contributed by atoms with Crippen LogP contribution in [-0.2, 0) is 10.0 Å². The van der Waals surface area contributed by atoms with Crippen molar-refractivity contribution in [3.63, 3.8) is 0 Å². The smallest absolute Gasteiger partial charge is 0.243 e. The second-order valence-electron chi connectivity index (χ2n) is 5.56. The molecule has 1 aliphatic carbocycles. The number of sulfonamides is 1. The molecule has 2 N–H and O–H groups in total. The standard InChI is InChI=1S/C13H16Cl2N2O2S.ClH/c14-11-3-2-9(5-12(11)15)20(18,19)17-6-8-1-4-13(16)10(8)7-17;/h2-3,5,8,10,13H,1,4,6-7,16H2;1H. The third-order valence-electron chi connectivity index (χ3n) is 4.41. The summed E-state index contributed by atoms with van der Waals surface area (Å²) >= 11 is 11.7. The lowest BCUT2D eigenvalue weighted by Crippen LogP contribution is -2.33. The van der Waals surface area contributed by atoms with E-state index in [4.69, 9.17) is 28.9 Å². The number of hydrogen-bond acceptors (Lipinski definition) is 3. The summed E-state index contributed by atoms with van der Waals surface area (Å²) < 4.78 is 26.8. The van der Waals surface area contributed by atoms with Crippen molar-refractivity contribution in [2.24, 2.45) is 17.6 Å². The third-order valence-corrected chi connectivity index (χ3v) is 6.97. The summed E-state index contributed by atoms with van der Waals surface area (Å²) in [6, 6.07) is 4.54. The molecule has 2 fully saturated rings. The molecule has 2 aliphatic rings. The van der Waals surface area contributed by atoms with Crippen LogP contribution < -0.4 is 5.73 Å². The molecule has 118 valence electrons. The second kappa shape index (κ2) is 6.22. The fourth-order valence-corrected chi connectivity index (χ4v) is 5.17. The number of nitrogens with two attached hydrogens (primary N) is 1. The minimum absolute atomic E-state index is 0. The van der Waals surface area contributed by atoms with Gasteiger partial charge in [0.2, 0.25) is 10.0 Å². The van der Waals surface area contributed by atoms with E-state index in [-0.39, 0.29) is 34.3 Å².